The fraction of sp³-hybridized carbons (Fsp3) is 0.733. The number of aliphatic hydroxyl groups excluding tert-OH is 1. The molecule has 1 amide bonds. The van der Waals surface area contributed by atoms with Gasteiger partial charge in [0.1, 0.15) is 11.7 Å². The number of hydrogen-bond acceptors (Lipinski definition) is 5. The molecule has 6 heteroatoms. The molecule has 2 atom stereocenters. The van der Waals surface area contributed by atoms with Crippen molar-refractivity contribution in [3.63, 3.8) is 0 Å². The maximum atomic E-state index is 11.8. The Bertz CT molecular complexity index is 384. The number of aliphatic hydroxyl groups is 1. The number of carbonyl (C=O) groups excluding carboxylic acids is 2. The first-order valence-corrected chi connectivity index (χ1v) is 6.92. The van der Waals surface area contributed by atoms with Gasteiger partial charge < -0.3 is 19.9 Å². The van der Waals surface area contributed by atoms with Gasteiger partial charge in [-0.1, -0.05) is 20.4 Å². The third kappa shape index (κ3) is 7.70. The van der Waals surface area contributed by atoms with E-state index in [2.05, 4.69) is 16.6 Å². The SMILES string of the molecule is C=C(C(=O)OC)[C@@H](O)[C@@H](CC(C)C)NC(=O)OC(C)(C)C. The first kappa shape index (κ1) is 19.4. The molecule has 0 aromatic rings. The lowest BCUT2D eigenvalue weighted by Gasteiger charge is -2.28. The zero-order valence-corrected chi connectivity index (χ0v) is 13.7. The molecule has 6 nitrogen and oxygen atoms in total. The molecule has 0 spiro atoms. The topological polar surface area (TPSA) is 84.9 Å². The average molecular weight is 301 g/mol. The molecule has 0 rings (SSSR count). The van der Waals surface area contributed by atoms with E-state index < -0.39 is 29.8 Å². The molecule has 0 saturated heterocycles. The lowest BCUT2D eigenvalue weighted by atomic mass is 9.95. The molecule has 0 heterocycles. The number of carbonyl (C=O) groups is 2. The Morgan fingerprint density at radius 1 is 1.29 bits per heavy atom. The minimum Gasteiger partial charge on any atom is -0.466 e. The van der Waals surface area contributed by atoms with Crippen LogP contribution in [0.1, 0.15) is 41.0 Å². The summed E-state index contributed by atoms with van der Waals surface area (Å²) in [5, 5.41) is 12.8. The second-order valence-corrected chi connectivity index (χ2v) is 6.34. The summed E-state index contributed by atoms with van der Waals surface area (Å²) < 4.78 is 9.69. The van der Waals surface area contributed by atoms with E-state index in [0.29, 0.717) is 6.42 Å². The molecule has 0 saturated carbocycles. The lowest BCUT2D eigenvalue weighted by Crippen LogP contribution is -2.47. The van der Waals surface area contributed by atoms with Gasteiger partial charge in [-0.3, -0.25) is 0 Å². The highest BCUT2D eigenvalue weighted by atomic mass is 16.6. The van der Waals surface area contributed by atoms with Crippen molar-refractivity contribution in [2.75, 3.05) is 7.11 Å². The highest BCUT2D eigenvalue weighted by Gasteiger charge is 2.29. The highest BCUT2D eigenvalue weighted by Crippen LogP contribution is 2.16. The summed E-state index contributed by atoms with van der Waals surface area (Å²) in [4.78, 5) is 23.3. The van der Waals surface area contributed by atoms with Crippen molar-refractivity contribution >= 4 is 12.1 Å². The number of hydrogen-bond donors (Lipinski definition) is 2. The van der Waals surface area contributed by atoms with Crippen molar-refractivity contribution in [3.8, 4) is 0 Å². The molecule has 0 bridgehead atoms. The molecule has 0 aliphatic carbocycles. The van der Waals surface area contributed by atoms with Crippen LogP contribution < -0.4 is 5.32 Å². The monoisotopic (exact) mass is 301 g/mol. The number of amides is 1. The summed E-state index contributed by atoms with van der Waals surface area (Å²) in [5.41, 5.74) is -0.740. The zero-order valence-electron chi connectivity index (χ0n) is 13.7. The summed E-state index contributed by atoms with van der Waals surface area (Å²) >= 11 is 0. The summed E-state index contributed by atoms with van der Waals surface area (Å²) in [6.07, 6.45) is -1.41. The maximum absolute atomic E-state index is 11.8. The van der Waals surface area contributed by atoms with Gasteiger partial charge in [-0.15, -0.1) is 0 Å². The van der Waals surface area contributed by atoms with Crippen molar-refractivity contribution in [3.05, 3.63) is 12.2 Å². The van der Waals surface area contributed by atoms with Crippen molar-refractivity contribution in [2.45, 2.75) is 58.8 Å². The van der Waals surface area contributed by atoms with Crippen molar-refractivity contribution in [1.82, 2.24) is 5.32 Å². The van der Waals surface area contributed by atoms with Crippen LogP contribution in [0.15, 0.2) is 12.2 Å². The van der Waals surface area contributed by atoms with E-state index in [9.17, 15) is 14.7 Å². The van der Waals surface area contributed by atoms with Crippen LogP contribution in [0.4, 0.5) is 4.79 Å². The molecule has 0 aliphatic heterocycles. The van der Waals surface area contributed by atoms with Gasteiger partial charge in [0.2, 0.25) is 0 Å². The fourth-order valence-electron chi connectivity index (χ4n) is 1.73. The van der Waals surface area contributed by atoms with Gasteiger partial charge in [0, 0.05) is 0 Å². The van der Waals surface area contributed by atoms with Crippen molar-refractivity contribution in [1.29, 1.82) is 0 Å². The Hall–Kier alpha value is -1.56. The molecule has 0 fully saturated rings. The molecule has 2 N–H and O–H groups in total. The van der Waals surface area contributed by atoms with Gasteiger partial charge in [-0.2, -0.15) is 0 Å². The largest absolute Gasteiger partial charge is 0.466 e. The molecule has 0 aliphatic rings. The normalized spacial score (nSPS) is 14.3. The van der Waals surface area contributed by atoms with E-state index >= 15 is 0 Å². The van der Waals surface area contributed by atoms with Gasteiger partial charge in [-0.05, 0) is 33.1 Å². The van der Waals surface area contributed by atoms with E-state index in [1.165, 1.54) is 7.11 Å². The predicted octanol–water partition coefficient (Wildman–Crippen LogP) is 2.02. The van der Waals surface area contributed by atoms with Gasteiger partial charge in [0.25, 0.3) is 0 Å². The fourth-order valence-corrected chi connectivity index (χ4v) is 1.73. The van der Waals surface area contributed by atoms with Crippen LogP contribution in [0, 0.1) is 5.92 Å². The minimum atomic E-state index is -1.23. The van der Waals surface area contributed by atoms with Gasteiger partial charge in [0.15, 0.2) is 0 Å². The van der Waals surface area contributed by atoms with E-state index in [0.717, 1.165) is 0 Å². The smallest absolute Gasteiger partial charge is 0.407 e. The number of esters is 1. The zero-order chi connectivity index (χ0) is 16.8. The van der Waals surface area contributed by atoms with Crippen molar-refractivity contribution in [2.24, 2.45) is 5.92 Å². The van der Waals surface area contributed by atoms with Crippen LogP contribution in [-0.4, -0.2) is 42.0 Å². The lowest BCUT2D eigenvalue weighted by molar-refractivity contribution is -0.137. The van der Waals surface area contributed by atoms with E-state index in [-0.39, 0.29) is 11.5 Å². The van der Waals surface area contributed by atoms with Crippen LogP contribution >= 0.6 is 0 Å². The summed E-state index contributed by atoms with van der Waals surface area (Å²) in [6.45, 7) is 12.6. The first-order valence-electron chi connectivity index (χ1n) is 6.92. The van der Waals surface area contributed by atoms with Gasteiger partial charge in [0.05, 0.1) is 18.7 Å². The molecule has 122 valence electrons. The van der Waals surface area contributed by atoms with E-state index in [1.807, 2.05) is 13.8 Å². The minimum absolute atomic E-state index is 0.0980. The summed E-state index contributed by atoms with van der Waals surface area (Å²) in [7, 11) is 1.21. The van der Waals surface area contributed by atoms with Crippen LogP contribution in [0.3, 0.4) is 0 Å². The quantitative estimate of drug-likeness (QED) is 0.579. The molecular formula is C15H27NO5. The van der Waals surface area contributed by atoms with Crippen LogP contribution in [0.25, 0.3) is 0 Å². The average Bonchev–Trinajstić information content (AvgIpc) is 2.32. The molecule has 0 aromatic carbocycles. The molecule has 0 unspecified atom stereocenters. The molecule has 0 radical (unpaired) electrons. The number of nitrogens with one attached hydrogen (secondary N) is 1. The third-order valence-electron chi connectivity index (χ3n) is 2.61. The van der Waals surface area contributed by atoms with Crippen molar-refractivity contribution < 1.29 is 24.2 Å². The Morgan fingerprint density at radius 3 is 2.19 bits per heavy atom. The number of rotatable bonds is 6. The standard InChI is InChI=1S/C15H27NO5/c1-9(2)8-11(12(17)10(3)13(18)20-7)16-14(19)21-15(4,5)6/h9,11-12,17H,3,8H2,1-2,4-7H3,(H,16,19)/t11-,12-/m1/s1. The number of ether oxygens (including phenoxy) is 2. The van der Waals surface area contributed by atoms with Gasteiger partial charge >= 0.3 is 12.1 Å². The Kier molecular flexibility index (Phi) is 7.43. The van der Waals surface area contributed by atoms with E-state index in [1.54, 1.807) is 20.8 Å². The summed E-state index contributed by atoms with van der Waals surface area (Å²) in [6, 6.07) is -0.675. The molecule has 21 heavy (non-hydrogen) atoms. The predicted molar refractivity (Wildman–Crippen MR) is 79.8 cm³/mol. The highest BCUT2D eigenvalue weighted by molar-refractivity contribution is 5.89. The Labute approximate surface area is 126 Å². The Morgan fingerprint density at radius 2 is 1.81 bits per heavy atom. The van der Waals surface area contributed by atoms with Crippen LogP contribution in [0.5, 0.6) is 0 Å². The summed E-state index contributed by atoms with van der Waals surface area (Å²) in [5.74, 6) is -0.507. The maximum Gasteiger partial charge on any atom is 0.407 e. The van der Waals surface area contributed by atoms with Crippen LogP contribution in [0.2, 0.25) is 0 Å². The van der Waals surface area contributed by atoms with Crippen LogP contribution in [-0.2, 0) is 14.3 Å². The van der Waals surface area contributed by atoms with E-state index in [4.69, 9.17) is 4.74 Å². The Balaban J connectivity index is 4.91. The number of methoxy groups -OCH3 is 1. The second-order valence-electron chi connectivity index (χ2n) is 6.34. The van der Waals surface area contributed by atoms with Gasteiger partial charge in [-0.25, -0.2) is 9.59 Å². The third-order valence-corrected chi connectivity index (χ3v) is 2.61. The first-order chi connectivity index (χ1) is 9.47. The number of alkyl carbamates (subject to hydrolysis) is 1. The second kappa shape index (κ2) is 8.02. The molecular weight excluding hydrogens is 274 g/mol. The molecule has 0 aromatic heterocycles.